The van der Waals surface area contributed by atoms with Gasteiger partial charge in [0, 0.05) is 17.6 Å². The van der Waals surface area contributed by atoms with Gasteiger partial charge in [0.15, 0.2) is 0 Å². The zero-order valence-corrected chi connectivity index (χ0v) is 13.1. The van der Waals surface area contributed by atoms with Crippen LogP contribution in [0.3, 0.4) is 0 Å². The molecule has 0 spiro atoms. The standard InChI is InChI=1S/C18H14N4O3/c23-18(24)16(15-7-3-4-8-19-15)25-20-10-11-9-12(11)17-21-13-5-1-2-6-14(13)22-17/h1-8,12,16H,9H2,(H,21,22)(H,23,24). The van der Waals surface area contributed by atoms with E-state index in [0.29, 0.717) is 0 Å². The van der Waals surface area contributed by atoms with Crippen LogP contribution in [-0.2, 0) is 9.63 Å². The highest BCUT2D eigenvalue weighted by Crippen LogP contribution is 2.44. The number of imidazole rings is 1. The zero-order chi connectivity index (χ0) is 17.2. The Kier molecular flexibility index (Phi) is 3.76. The molecule has 2 aromatic heterocycles. The number of hydrogen-bond acceptors (Lipinski definition) is 5. The molecule has 2 N–H and O–H groups in total. The Morgan fingerprint density at radius 2 is 2.16 bits per heavy atom. The Morgan fingerprint density at radius 1 is 1.32 bits per heavy atom. The summed E-state index contributed by atoms with van der Waals surface area (Å²) in [6.45, 7) is 0. The average Bonchev–Trinajstić information content (AvgIpc) is 3.27. The predicted molar refractivity (Wildman–Crippen MR) is 90.1 cm³/mol. The molecule has 2 atom stereocenters. The Bertz CT molecular complexity index is 957. The first kappa shape index (κ1) is 15.1. The van der Waals surface area contributed by atoms with Crippen molar-refractivity contribution in [2.75, 3.05) is 0 Å². The van der Waals surface area contributed by atoms with Gasteiger partial charge in [-0.15, -0.1) is 0 Å². The number of pyridine rings is 1. The maximum atomic E-state index is 11.3. The Hall–Kier alpha value is -3.44. The Labute approximate surface area is 142 Å². The minimum atomic E-state index is -1.25. The number of allylic oxidation sites excluding steroid dienone is 1. The molecule has 3 aromatic rings. The first-order chi connectivity index (χ1) is 12.2. The van der Waals surface area contributed by atoms with Crippen LogP contribution < -0.4 is 0 Å². The predicted octanol–water partition coefficient (Wildman–Crippen LogP) is 2.80. The fourth-order valence-corrected chi connectivity index (χ4v) is 2.58. The number of nitrogens with one attached hydrogen (secondary N) is 1. The summed E-state index contributed by atoms with van der Waals surface area (Å²) in [5, 5.41) is 13.0. The number of carboxylic acids is 1. The molecule has 0 aliphatic heterocycles. The SMILES string of the molecule is O=C(O)C(ON=C=C1CC1c1nc2ccccc2[nH]1)c1ccccn1. The molecule has 0 radical (unpaired) electrons. The van der Waals surface area contributed by atoms with Crippen molar-refractivity contribution in [3.05, 3.63) is 65.8 Å². The lowest BCUT2D eigenvalue weighted by Gasteiger charge is -2.07. The highest BCUT2D eigenvalue weighted by molar-refractivity contribution is 5.76. The molecule has 0 saturated heterocycles. The van der Waals surface area contributed by atoms with Crippen molar-refractivity contribution in [3.63, 3.8) is 0 Å². The largest absolute Gasteiger partial charge is 0.478 e. The number of nitrogens with zero attached hydrogens (tertiary/aromatic N) is 3. The molecule has 124 valence electrons. The third-order valence-electron chi connectivity index (χ3n) is 3.95. The summed E-state index contributed by atoms with van der Waals surface area (Å²) < 4.78 is 0. The lowest BCUT2D eigenvalue weighted by atomic mass is 10.2. The van der Waals surface area contributed by atoms with Crippen LogP contribution in [0.4, 0.5) is 0 Å². The van der Waals surface area contributed by atoms with Crippen molar-refractivity contribution in [3.8, 4) is 0 Å². The van der Waals surface area contributed by atoms with Crippen molar-refractivity contribution in [1.29, 1.82) is 0 Å². The normalized spacial score (nSPS) is 17.0. The first-order valence-electron chi connectivity index (χ1n) is 7.78. The quantitative estimate of drug-likeness (QED) is 0.552. The molecule has 2 unspecified atom stereocenters. The van der Waals surface area contributed by atoms with Crippen LogP contribution in [0.25, 0.3) is 11.0 Å². The highest BCUT2D eigenvalue weighted by Gasteiger charge is 2.35. The number of H-pyrrole nitrogens is 1. The van der Waals surface area contributed by atoms with Gasteiger partial charge in [-0.25, -0.2) is 9.78 Å². The maximum absolute atomic E-state index is 11.3. The number of hydrogen-bond donors (Lipinski definition) is 2. The number of carboxylic acid groups (broad SMARTS) is 1. The Balaban J connectivity index is 1.49. The van der Waals surface area contributed by atoms with Gasteiger partial charge in [-0.1, -0.05) is 18.2 Å². The van der Waals surface area contributed by atoms with Gasteiger partial charge in [0.05, 0.1) is 22.6 Å². The monoisotopic (exact) mass is 334 g/mol. The summed E-state index contributed by atoms with van der Waals surface area (Å²) in [6, 6.07) is 12.8. The summed E-state index contributed by atoms with van der Waals surface area (Å²) in [6.07, 6.45) is 1.03. The summed E-state index contributed by atoms with van der Waals surface area (Å²) in [7, 11) is 0. The molecule has 1 aromatic carbocycles. The number of aromatic amines is 1. The number of fused-ring (bicyclic) bond motifs is 1. The minimum Gasteiger partial charge on any atom is -0.478 e. The van der Waals surface area contributed by atoms with Crippen LogP contribution in [0.2, 0.25) is 0 Å². The van der Waals surface area contributed by atoms with E-state index in [1.54, 1.807) is 18.2 Å². The first-order valence-corrected chi connectivity index (χ1v) is 7.78. The third-order valence-corrected chi connectivity index (χ3v) is 3.95. The molecule has 7 nitrogen and oxygen atoms in total. The smallest absolute Gasteiger partial charge is 0.354 e. The van der Waals surface area contributed by atoms with Crippen molar-refractivity contribution < 1.29 is 14.7 Å². The number of carbonyl (C=O) groups is 1. The molecule has 1 aliphatic rings. The lowest BCUT2D eigenvalue weighted by Crippen LogP contribution is -2.14. The summed E-state index contributed by atoms with van der Waals surface area (Å²) in [5.41, 5.74) is 3.11. The molecule has 4 rings (SSSR count). The Morgan fingerprint density at radius 3 is 2.92 bits per heavy atom. The van der Waals surface area contributed by atoms with E-state index >= 15 is 0 Å². The van der Waals surface area contributed by atoms with Gasteiger partial charge < -0.3 is 14.9 Å². The minimum absolute atomic E-state index is 0.123. The second-order valence-corrected chi connectivity index (χ2v) is 5.70. The van der Waals surface area contributed by atoms with Crippen molar-refractivity contribution in [1.82, 2.24) is 15.0 Å². The van der Waals surface area contributed by atoms with Crippen LogP contribution in [-0.4, -0.2) is 31.9 Å². The van der Waals surface area contributed by atoms with Gasteiger partial charge in [0.25, 0.3) is 6.10 Å². The second kappa shape index (κ2) is 6.22. The number of aliphatic carboxylic acids is 1. The molecule has 1 fully saturated rings. The van der Waals surface area contributed by atoms with Gasteiger partial charge >= 0.3 is 5.97 Å². The van der Waals surface area contributed by atoms with E-state index in [9.17, 15) is 9.90 Å². The summed E-state index contributed by atoms with van der Waals surface area (Å²) in [4.78, 5) is 28.2. The van der Waals surface area contributed by atoms with E-state index in [1.165, 1.54) is 6.20 Å². The number of para-hydroxylation sites is 2. The van der Waals surface area contributed by atoms with E-state index in [1.807, 2.05) is 24.3 Å². The van der Waals surface area contributed by atoms with Gasteiger partial charge in [-0.2, -0.15) is 0 Å². The molecule has 1 saturated carbocycles. The molecule has 1 aliphatic carbocycles. The van der Waals surface area contributed by atoms with E-state index < -0.39 is 12.1 Å². The summed E-state index contributed by atoms with van der Waals surface area (Å²) >= 11 is 0. The fraction of sp³-hybridized carbons (Fsp3) is 0.167. The molecule has 25 heavy (non-hydrogen) atoms. The van der Waals surface area contributed by atoms with Crippen molar-refractivity contribution in [2.45, 2.75) is 18.4 Å². The fourth-order valence-electron chi connectivity index (χ4n) is 2.58. The molecule has 0 bridgehead atoms. The van der Waals surface area contributed by atoms with E-state index in [-0.39, 0.29) is 11.6 Å². The van der Waals surface area contributed by atoms with Crippen LogP contribution in [0, 0.1) is 0 Å². The topological polar surface area (TPSA) is 100 Å². The molecule has 7 heteroatoms. The van der Waals surface area contributed by atoms with Gasteiger partial charge in [0.2, 0.25) is 0 Å². The average molecular weight is 334 g/mol. The molecular formula is C18H14N4O3. The third kappa shape index (κ3) is 3.13. The van der Waals surface area contributed by atoms with Gasteiger partial charge in [0.1, 0.15) is 5.82 Å². The van der Waals surface area contributed by atoms with Crippen molar-refractivity contribution in [2.24, 2.45) is 5.16 Å². The lowest BCUT2D eigenvalue weighted by molar-refractivity contribution is -0.151. The van der Waals surface area contributed by atoms with Crippen LogP contribution in [0.15, 0.2) is 59.4 Å². The van der Waals surface area contributed by atoms with Crippen LogP contribution in [0.1, 0.15) is 30.0 Å². The number of aromatic nitrogens is 3. The van der Waals surface area contributed by atoms with Gasteiger partial charge in [-0.05, 0) is 35.8 Å². The van der Waals surface area contributed by atoms with E-state index in [0.717, 1.165) is 28.9 Å². The molecule has 0 amide bonds. The van der Waals surface area contributed by atoms with Crippen molar-refractivity contribution >= 4 is 22.9 Å². The zero-order valence-electron chi connectivity index (χ0n) is 13.1. The summed E-state index contributed by atoms with van der Waals surface area (Å²) in [5.74, 6) is 2.60. The van der Waals surface area contributed by atoms with Crippen LogP contribution >= 0.6 is 0 Å². The maximum Gasteiger partial charge on any atom is 0.354 e. The second-order valence-electron chi connectivity index (χ2n) is 5.70. The van der Waals surface area contributed by atoms with Crippen LogP contribution in [0.5, 0.6) is 0 Å². The number of benzene rings is 1. The number of rotatable bonds is 5. The van der Waals surface area contributed by atoms with Gasteiger partial charge in [-0.3, -0.25) is 4.98 Å². The van der Waals surface area contributed by atoms with E-state index in [4.69, 9.17) is 4.84 Å². The highest BCUT2D eigenvalue weighted by atomic mass is 16.6. The molecular weight excluding hydrogens is 320 g/mol. The molecule has 2 heterocycles. The van der Waals surface area contributed by atoms with E-state index in [2.05, 4.69) is 26.0 Å².